The molecule has 0 radical (unpaired) electrons. The molecule has 3 heterocycles. The number of hydrogen-bond acceptors (Lipinski definition) is 5. The number of nitrogens with zero attached hydrogens (tertiary/aromatic N) is 2. The van der Waals surface area contributed by atoms with Gasteiger partial charge in [-0.05, 0) is 37.6 Å². The van der Waals surface area contributed by atoms with Crippen molar-refractivity contribution < 1.29 is 9.59 Å². The molecule has 1 aliphatic heterocycles. The second-order valence-corrected chi connectivity index (χ2v) is 8.16. The monoisotopic (exact) mass is 377 g/mol. The molecule has 0 unspecified atom stereocenters. The molecule has 134 valence electrons. The topological polar surface area (TPSA) is 62.3 Å². The number of aromatic nitrogens is 1. The maximum absolute atomic E-state index is 12.4. The van der Waals surface area contributed by atoms with Gasteiger partial charge in [0.05, 0.1) is 10.6 Å². The summed E-state index contributed by atoms with van der Waals surface area (Å²) in [5.41, 5.74) is 0.772. The molecule has 7 heteroatoms. The van der Waals surface area contributed by atoms with Crippen LogP contribution in [-0.2, 0) is 4.79 Å². The lowest BCUT2D eigenvalue weighted by Gasteiger charge is -2.20. The van der Waals surface area contributed by atoms with E-state index in [0.29, 0.717) is 17.8 Å². The molecule has 1 N–H and O–H groups in total. The van der Waals surface area contributed by atoms with Crippen LogP contribution in [0.4, 0.5) is 0 Å². The normalized spacial score (nSPS) is 15.2. The lowest BCUT2D eigenvalue weighted by molar-refractivity contribution is -0.130. The highest BCUT2D eigenvalue weighted by Gasteiger charge is 2.18. The fourth-order valence-corrected chi connectivity index (χ4v) is 4.72. The van der Waals surface area contributed by atoms with Crippen molar-refractivity contribution in [3.05, 3.63) is 28.1 Å². The summed E-state index contributed by atoms with van der Waals surface area (Å²) in [6.45, 7) is 4.03. The van der Waals surface area contributed by atoms with E-state index in [2.05, 4.69) is 10.3 Å². The maximum Gasteiger partial charge on any atom is 0.263 e. The summed E-state index contributed by atoms with van der Waals surface area (Å²) < 4.78 is 0. The van der Waals surface area contributed by atoms with Gasteiger partial charge in [0.15, 0.2) is 0 Å². The van der Waals surface area contributed by atoms with Gasteiger partial charge in [0, 0.05) is 26.1 Å². The number of carbonyl (C=O) groups excluding carboxylic acids is 2. The average molecular weight is 378 g/mol. The molecule has 25 heavy (non-hydrogen) atoms. The van der Waals surface area contributed by atoms with Crippen LogP contribution in [0.25, 0.3) is 9.88 Å². The number of thiazole rings is 1. The standard InChI is InChI=1S/C18H23N3O2S2/c1-13-16(25-18(20-13)14-7-5-12-24-14)17(23)19-9-6-11-21-10-4-2-3-8-15(21)22/h5,7,12H,2-4,6,8-11H2,1H3,(H,19,23). The predicted octanol–water partition coefficient (Wildman–Crippen LogP) is 3.70. The predicted molar refractivity (Wildman–Crippen MR) is 102 cm³/mol. The lowest BCUT2D eigenvalue weighted by atomic mass is 10.2. The van der Waals surface area contributed by atoms with Gasteiger partial charge < -0.3 is 10.2 Å². The fourth-order valence-electron chi connectivity index (χ4n) is 2.94. The summed E-state index contributed by atoms with van der Waals surface area (Å²) >= 11 is 3.07. The smallest absolute Gasteiger partial charge is 0.263 e. The van der Waals surface area contributed by atoms with Gasteiger partial charge in [0.1, 0.15) is 9.88 Å². The Bertz CT molecular complexity index is 725. The fraction of sp³-hybridized carbons (Fsp3) is 0.500. The molecule has 5 nitrogen and oxygen atoms in total. The van der Waals surface area contributed by atoms with Crippen LogP contribution in [-0.4, -0.2) is 41.3 Å². The quantitative estimate of drug-likeness (QED) is 0.781. The summed E-state index contributed by atoms with van der Waals surface area (Å²) in [7, 11) is 0. The SMILES string of the molecule is Cc1nc(-c2cccs2)sc1C(=O)NCCCN1CCCCCC1=O. The average Bonchev–Trinajstić information content (AvgIpc) is 3.21. The minimum absolute atomic E-state index is 0.0694. The van der Waals surface area contributed by atoms with E-state index in [1.165, 1.54) is 11.3 Å². The van der Waals surface area contributed by atoms with Gasteiger partial charge in [-0.2, -0.15) is 0 Å². The molecule has 2 amide bonds. The third-order valence-electron chi connectivity index (χ3n) is 4.30. The first-order valence-electron chi connectivity index (χ1n) is 8.72. The number of aryl methyl sites for hydroxylation is 1. The molecule has 1 fully saturated rings. The number of thiophene rings is 1. The molecule has 0 aromatic carbocycles. The van der Waals surface area contributed by atoms with E-state index in [4.69, 9.17) is 0 Å². The first-order chi connectivity index (χ1) is 12.1. The minimum Gasteiger partial charge on any atom is -0.351 e. The van der Waals surface area contributed by atoms with Gasteiger partial charge in [0.25, 0.3) is 5.91 Å². The van der Waals surface area contributed by atoms with E-state index in [-0.39, 0.29) is 11.8 Å². The maximum atomic E-state index is 12.4. The molecule has 1 saturated heterocycles. The zero-order chi connectivity index (χ0) is 17.6. The largest absolute Gasteiger partial charge is 0.351 e. The van der Waals surface area contributed by atoms with E-state index in [1.807, 2.05) is 29.3 Å². The highest BCUT2D eigenvalue weighted by atomic mass is 32.1. The molecule has 0 saturated carbocycles. The Morgan fingerprint density at radius 1 is 1.36 bits per heavy atom. The summed E-state index contributed by atoms with van der Waals surface area (Å²) in [5.74, 6) is 0.183. The van der Waals surface area contributed by atoms with Crippen LogP contribution in [0.2, 0.25) is 0 Å². The van der Waals surface area contributed by atoms with Gasteiger partial charge >= 0.3 is 0 Å². The molecule has 3 rings (SSSR count). The van der Waals surface area contributed by atoms with Crippen LogP contribution in [0.3, 0.4) is 0 Å². The Labute approximate surface area is 156 Å². The number of carbonyl (C=O) groups is 2. The third-order valence-corrected chi connectivity index (χ3v) is 6.49. The van der Waals surface area contributed by atoms with Crippen LogP contribution in [0.5, 0.6) is 0 Å². The van der Waals surface area contributed by atoms with Crippen molar-refractivity contribution in [3.63, 3.8) is 0 Å². The molecule has 0 bridgehead atoms. The van der Waals surface area contributed by atoms with Crippen molar-refractivity contribution in [1.29, 1.82) is 0 Å². The molecular weight excluding hydrogens is 354 g/mol. The van der Waals surface area contributed by atoms with Crippen molar-refractivity contribution in [2.24, 2.45) is 0 Å². The Morgan fingerprint density at radius 2 is 2.24 bits per heavy atom. The van der Waals surface area contributed by atoms with Gasteiger partial charge in [-0.3, -0.25) is 9.59 Å². The van der Waals surface area contributed by atoms with E-state index < -0.39 is 0 Å². The Hall–Kier alpha value is -1.73. The number of amides is 2. The van der Waals surface area contributed by atoms with Crippen LogP contribution < -0.4 is 5.32 Å². The second kappa shape index (κ2) is 8.58. The molecule has 2 aromatic rings. The van der Waals surface area contributed by atoms with Crippen LogP contribution in [0, 0.1) is 6.92 Å². The van der Waals surface area contributed by atoms with Crippen molar-refractivity contribution in [2.45, 2.75) is 39.0 Å². The molecule has 0 aliphatic carbocycles. The molecular formula is C18H23N3O2S2. The summed E-state index contributed by atoms with van der Waals surface area (Å²) in [6, 6.07) is 4.00. The molecule has 0 atom stereocenters. The highest BCUT2D eigenvalue weighted by Crippen LogP contribution is 2.30. The second-order valence-electron chi connectivity index (χ2n) is 6.21. The van der Waals surface area contributed by atoms with Crippen molar-refractivity contribution in [3.8, 4) is 9.88 Å². The Kier molecular flexibility index (Phi) is 6.20. The third kappa shape index (κ3) is 4.67. The number of hydrogen-bond donors (Lipinski definition) is 1. The van der Waals surface area contributed by atoms with E-state index in [9.17, 15) is 9.59 Å². The van der Waals surface area contributed by atoms with Gasteiger partial charge in [-0.1, -0.05) is 12.5 Å². The summed E-state index contributed by atoms with van der Waals surface area (Å²) in [6.07, 6.45) is 4.67. The first kappa shape index (κ1) is 18.1. The number of likely N-dealkylation sites (tertiary alicyclic amines) is 1. The molecule has 2 aromatic heterocycles. The number of nitrogens with one attached hydrogen (secondary N) is 1. The van der Waals surface area contributed by atoms with E-state index in [0.717, 1.165) is 54.4 Å². The van der Waals surface area contributed by atoms with Gasteiger partial charge in [0.2, 0.25) is 5.91 Å². The van der Waals surface area contributed by atoms with E-state index >= 15 is 0 Å². The summed E-state index contributed by atoms with van der Waals surface area (Å²) in [5, 5.41) is 5.87. The van der Waals surface area contributed by atoms with Crippen molar-refractivity contribution in [1.82, 2.24) is 15.2 Å². The zero-order valence-corrected chi connectivity index (χ0v) is 16.0. The van der Waals surface area contributed by atoms with Crippen LogP contribution in [0.15, 0.2) is 17.5 Å². The van der Waals surface area contributed by atoms with Crippen LogP contribution in [0.1, 0.15) is 47.5 Å². The molecule has 0 spiro atoms. The summed E-state index contributed by atoms with van der Waals surface area (Å²) in [4.78, 5) is 32.6. The Morgan fingerprint density at radius 3 is 3.04 bits per heavy atom. The number of rotatable bonds is 6. The first-order valence-corrected chi connectivity index (χ1v) is 10.4. The molecule has 1 aliphatic rings. The Balaban J connectivity index is 1.49. The lowest BCUT2D eigenvalue weighted by Crippen LogP contribution is -2.33. The highest BCUT2D eigenvalue weighted by molar-refractivity contribution is 7.22. The van der Waals surface area contributed by atoms with Crippen LogP contribution >= 0.6 is 22.7 Å². The van der Waals surface area contributed by atoms with E-state index in [1.54, 1.807) is 11.3 Å². The van der Waals surface area contributed by atoms with Gasteiger partial charge in [-0.25, -0.2) is 4.98 Å². The van der Waals surface area contributed by atoms with Crippen molar-refractivity contribution in [2.75, 3.05) is 19.6 Å². The minimum atomic E-state index is -0.0694. The van der Waals surface area contributed by atoms with Gasteiger partial charge in [-0.15, -0.1) is 22.7 Å². The van der Waals surface area contributed by atoms with Crippen molar-refractivity contribution >= 4 is 34.5 Å². The zero-order valence-electron chi connectivity index (χ0n) is 14.4.